The van der Waals surface area contributed by atoms with Crippen LogP contribution >= 0.6 is 28.9 Å². The number of anilines is 2. The average Bonchev–Trinajstić information content (AvgIpc) is 3.11. The van der Waals surface area contributed by atoms with E-state index in [0.717, 1.165) is 63.4 Å². The standard InChI is InChI=1S/C28H37IN4O3S/c1-19-15-21(31-7-6-8-33(10-9-31)27(34)36-28(3,4)5)17-23-25(19)30-26-20(2)16-22(18-24(26)37(23)29)32-11-13-35-14-12-32/h15-18H,6-14H2,1-5H3. The molecule has 5 rings (SSSR count). The second-order valence-electron chi connectivity index (χ2n) is 11.0. The number of hydrogen-bond acceptors (Lipinski definition) is 6. The number of ether oxygens (including phenoxy) is 2. The summed E-state index contributed by atoms with van der Waals surface area (Å²) in [5, 5.41) is 1.11. The highest BCUT2D eigenvalue weighted by Crippen LogP contribution is 2.48. The van der Waals surface area contributed by atoms with Crippen LogP contribution in [0, 0.1) is 18.4 Å². The molecule has 3 heterocycles. The summed E-state index contributed by atoms with van der Waals surface area (Å²) in [4.78, 5) is 25.8. The minimum absolute atomic E-state index is 0.113. The van der Waals surface area contributed by atoms with Crippen LogP contribution in [0.3, 0.4) is 0 Å². The molecule has 2 fully saturated rings. The van der Waals surface area contributed by atoms with E-state index in [1.807, 2.05) is 25.7 Å². The molecule has 0 aliphatic carbocycles. The number of halogens is 1. The summed E-state index contributed by atoms with van der Waals surface area (Å²) >= 11 is 2.62. The Bertz CT molecular complexity index is 1330. The zero-order valence-electron chi connectivity index (χ0n) is 22.5. The first-order valence-electron chi connectivity index (χ1n) is 13.1. The fourth-order valence-electron chi connectivity index (χ4n) is 5.12. The SMILES string of the molecule is Cc1cc(N2CCOCC2)cc2c1N=c1c(C)cc(N3CCCN(C(=O)OC(C)(C)C)CC3)cc1=S2I. The largest absolute Gasteiger partial charge is 0.444 e. The number of fused-ring (bicyclic) bond motifs is 2. The van der Waals surface area contributed by atoms with E-state index in [-0.39, 0.29) is 13.7 Å². The van der Waals surface area contributed by atoms with Gasteiger partial charge in [-0.2, -0.15) is 0 Å². The highest BCUT2D eigenvalue weighted by atomic mass is 127. The number of aryl methyl sites for hydroxylation is 2. The van der Waals surface area contributed by atoms with Crippen molar-refractivity contribution in [3.05, 3.63) is 45.3 Å². The number of hydrogen-bond donors (Lipinski definition) is 0. The zero-order chi connectivity index (χ0) is 26.3. The maximum Gasteiger partial charge on any atom is 0.410 e. The maximum absolute atomic E-state index is 12.6. The topological polar surface area (TPSA) is 57.6 Å². The van der Waals surface area contributed by atoms with Crippen LogP contribution in [-0.2, 0) is 9.47 Å². The molecule has 37 heavy (non-hydrogen) atoms. The van der Waals surface area contributed by atoms with Crippen molar-refractivity contribution in [3.63, 3.8) is 0 Å². The third-order valence-corrected chi connectivity index (χ3v) is 11.2. The fraction of sp³-hybridized carbons (Fsp3) is 0.536. The van der Waals surface area contributed by atoms with Crippen molar-refractivity contribution in [1.29, 1.82) is 0 Å². The van der Waals surface area contributed by atoms with E-state index >= 15 is 0 Å². The normalized spacial score (nSPS) is 20.1. The molecular formula is C28H37IN4O3S. The minimum Gasteiger partial charge on any atom is -0.444 e. The molecule has 1 atom stereocenters. The lowest BCUT2D eigenvalue weighted by atomic mass is 10.1. The summed E-state index contributed by atoms with van der Waals surface area (Å²) in [6.45, 7) is 16.6. The van der Waals surface area contributed by atoms with Crippen LogP contribution in [0.25, 0.3) is 0 Å². The Balaban J connectivity index is 1.45. The van der Waals surface area contributed by atoms with Crippen LogP contribution in [0.5, 0.6) is 0 Å². The van der Waals surface area contributed by atoms with Crippen molar-refractivity contribution in [2.45, 2.75) is 51.5 Å². The van der Waals surface area contributed by atoms with Gasteiger partial charge >= 0.3 is 6.09 Å². The smallest absolute Gasteiger partial charge is 0.410 e. The molecule has 7 nitrogen and oxygen atoms in total. The first-order valence-corrected chi connectivity index (χ1v) is 16.8. The summed E-state index contributed by atoms with van der Waals surface area (Å²) in [6, 6.07) is 9.23. The first kappa shape index (κ1) is 26.7. The monoisotopic (exact) mass is 636 g/mol. The Morgan fingerprint density at radius 1 is 0.946 bits per heavy atom. The summed E-state index contributed by atoms with van der Waals surface area (Å²) < 4.78 is 12.5. The van der Waals surface area contributed by atoms with Crippen LogP contribution in [0.2, 0.25) is 0 Å². The second kappa shape index (κ2) is 10.7. The Labute approximate surface area is 234 Å². The van der Waals surface area contributed by atoms with E-state index < -0.39 is 5.60 Å². The molecular weight excluding hydrogens is 599 g/mol. The predicted octanol–water partition coefficient (Wildman–Crippen LogP) is 5.78. The molecule has 9 heteroatoms. The third-order valence-electron chi connectivity index (χ3n) is 7.00. The maximum atomic E-state index is 12.6. The molecule has 0 saturated carbocycles. The van der Waals surface area contributed by atoms with E-state index in [1.165, 1.54) is 31.9 Å². The zero-order valence-corrected chi connectivity index (χ0v) is 25.4. The molecule has 0 aromatic heterocycles. The van der Waals surface area contributed by atoms with Crippen LogP contribution < -0.4 is 15.2 Å². The van der Waals surface area contributed by atoms with Crippen molar-refractivity contribution in [3.8, 4) is 0 Å². The van der Waals surface area contributed by atoms with Gasteiger partial charge in [-0.15, -0.1) is 0 Å². The van der Waals surface area contributed by atoms with Gasteiger partial charge in [0.1, 0.15) is 5.60 Å². The van der Waals surface area contributed by atoms with Gasteiger partial charge in [0.2, 0.25) is 0 Å². The molecule has 1 amide bonds. The van der Waals surface area contributed by atoms with Crippen molar-refractivity contribution in [2.75, 3.05) is 62.3 Å². The predicted molar refractivity (Wildman–Crippen MR) is 160 cm³/mol. The molecule has 2 aromatic rings. The molecule has 2 aromatic carbocycles. The molecule has 1 unspecified atom stereocenters. The van der Waals surface area contributed by atoms with E-state index in [2.05, 4.69) is 69.1 Å². The van der Waals surface area contributed by atoms with E-state index in [9.17, 15) is 4.79 Å². The summed E-state index contributed by atoms with van der Waals surface area (Å²) in [5.74, 6) is 0. The lowest BCUT2D eigenvalue weighted by Gasteiger charge is -2.30. The lowest BCUT2D eigenvalue weighted by Crippen LogP contribution is -2.39. The van der Waals surface area contributed by atoms with Crippen LogP contribution in [0.1, 0.15) is 38.3 Å². The number of benzene rings is 2. The van der Waals surface area contributed by atoms with Crippen molar-refractivity contribution in [2.24, 2.45) is 4.99 Å². The lowest BCUT2D eigenvalue weighted by molar-refractivity contribution is 0.0263. The molecule has 2 saturated heterocycles. The summed E-state index contributed by atoms with van der Waals surface area (Å²) in [5.41, 5.74) is 5.58. The van der Waals surface area contributed by atoms with Gasteiger partial charge < -0.3 is 24.2 Å². The first-order chi connectivity index (χ1) is 17.6. The molecule has 0 bridgehead atoms. The molecule has 0 N–H and O–H groups in total. The molecule has 0 radical (unpaired) electrons. The van der Waals surface area contributed by atoms with Crippen molar-refractivity contribution in [1.82, 2.24) is 4.90 Å². The van der Waals surface area contributed by atoms with Gasteiger partial charge in [-0.25, -0.2) is 9.79 Å². The van der Waals surface area contributed by atoms with E-state index in [4.69, 9.17) is 14.5 Å². The van der Waals surface area contributed by atoms with Crippen LogP contribution in [0.4, 0.5) is 21.9 Å². The molecule has 200 valence electrons. The van der Waals surface area contributed by atoms with Crippen LogP contribution in [0.15, 0.2) is 34.2 Å². The van der Waals surface area contributed by atoms with Crippen molar-refractivity contribution >= 4 is 52.0 Å². The number of nitrogens with zero attached hydrogens (tertiary/aromatic N) is 4. The highest BCUT2D eigenvalue weighted by molar-refractivity contribution is 14.2. The Hall–Kier alpha value is -1.85. The molecule has 0 spiro atoms. The number of carbonyl (C=O) groups is 1. The molecule has 3 aliphatic rings. The number of amides is 1. The van der Waals surface area contributed by atoms with Gasteiger partial charge in [-0.1, -0.05) is 7.66 Å². The quantitative estimate of drug-likeness (QED) is 0.309. The van der Waals surface area contributed by atoms with Gasteiger partial charge in [0.15, 0.2) is 0 Å². The fourth-order valence-corrected chi connectivity index (χ4v) is 8.57. The summed E-state index contributed by atoms with van der Waals surface area (Å²) in [6.07, 6.45) is 0.701. The van der Waals surface area contributed by atoms with Gasteiger partial charge in [0.25, 0.3) is 0 Å². The van der Waals surface area contributed by atoms with Gasteiger partial charge in [-0.3, -0.25) is 0 Å². The average molecular weight is 637 g/mol. The number of rotatable bonds is 2. The number of morpholine rings is 1. The van der Waals surface area contributed by atoms with Gasteiger partial charge in [0, 0.05) is 60.0 Å². The third kappa shape index (κ3) is 5.78. The molecule has 3 aliphatic heterocycles. The number of carbonyl (C=O) groups excluding carboxylic acids is 1. The van der Waals surface area contributed by atoms with Crippen molar-refractivity contribution < 1.29 is 14.3 Å². The Morgan fingerprint density at radius 2 is 1.62 bits per heavy atom. The Kier molecular flexibility index (Phi) is 7.75. The Morgan fingerprint density at radius 3 is 2.35 bits per heavy atom. The van der Waals surface area contributed by atoms with E-state index in [1.54, 1.807) is 0 Å². The minimum atomic E-state index is -0.477. The van der Waals surface area contributed by atoms with Gasteiger partial charge in [0.05, 0.1) is 24.3 Å². The highest BCUT2D eigenvalue weighted by Gasteiger charge is 2.25. The second-order valence-corrected chi connectivity index (χ2v) is 15.0. The van der Waals surface area contributed by atoms with Gasteiger partial charge in [-0.05, 0) is 97.6 Å². The van der Waals surface area contributed by atoms with E-state index in [0.29, 0.717) is 6.54 Å². The van der Waals surface area contributed by atoms with Crippen LogP contribution in [-0.4, -0.2) is 69.1 Å². The summed E-state index contributed by atoms with van der Waals surface area (Å²) in [7, 11) is -0.113.